The highest BCUT2D eigenvalue weighted by Gasteiger charge is 2.32. The number of nitro groups is 1. The van der Waals surface area contributed by atoms with E-state index in [2.05, 4.69) is 0 Å². The summed E-state index contributed by atoms with van der Waals surface area (Å²) in [6, 6.07) is 3.60. The Morgan fingerprint density at radius 3 is 2.53 bits per heavy atom. The molecule has 0 saturated carbocycles. The Labute approximate surface area is 119 Å². The average Bonchev–Trinajstić information content (AvgIpc) is 2.39. The molecule has 0 aliphatic carbocycles. The molecule has 1 aliphatic heterocycles. The average molecular weight is 323 g/mol. The molecule has 0 unspecified atom stereocenters. The van der Waals surface area contributed by atoms with Crippen molar-refractivity contribution in [1.82, 2.24) is 4.31 Å². The van der Waals surface area contributed by atoms with Crippen LogP contribution < -0.4 is 0 Å². The SMILES string of the molecule is O=[N+]([O-])c1cc(Cl)ccc1S(=O)(=O)N1CCSCC1. The van der Waals surface area contributed by atoms with Crippen molar-refractivity contribution in [2.45, 2.75) is 4.90 Å². The fourth-order valence-corrected chi connectivity index (χ4v) is 4.66. The van der Waals surface area contributed by atoms with Crippen LogP contribution in [-0.4, -0.2) is 42.2 Å². The molecule has 104 valence electrons. The molecule has 0 amide bonds. The molecule has 1 aromatic rings. The Balaban J connectivity index is 2.48. The number of halogens is 1. The number of nitro benzene ring substituents is 1. The van der Waals surface area contributed by atoms with Gasteiger partial charge in [0.25, 0.3) is 5.69 Å². The summed E-state index contributed by atoms with van der Waals surface area (Å²) < 4.78 is 26.1. The van der Waals surface area contributed by atoms with Crippen LogP contribution >= 0.6 is 23.4 Å². The lowest BCUT2D eigenvalue weighted by atomic mass is 10.3. The zero-order chi connectivity index (χ0) is 14.0. The zero-order valence-corrected chi connectivity index (χ0v) is 12.2. The van der Waals surface area contributed by atoms with E-state index in [9.17, 15) is 18.5 Å². The van der Waals surface area contributed by atoms with Crippen molar-refractivity contribution < 1.29 is 13.3 Å². The first-order valence-electron chi connectivity index (χ1n) is 5.45. The maximum absolute atomic E-state index is 12.4. The van der Waals surface area contributed by atoms with Gasteiger partial charge in [0.15, 0.2) is 4.90 Å². The summed E-state index contributed by atoms with van der Waals surface area (Å²) in [6.45, 7) is 0.736. The van der Waals surface area contributed by atoms with Crippen molar-refractivity contribution in [3.8, 4) is 0 Å². The van der Waals surface area contributed by atoms with Gasteiger partial charge in [-0.2, -0.15) is 16.1 Å². The molecular formula is C10H11ClN2O4S2. The van der Waals surface area contributed by atoms with Gasteiger partial charge >= 0.3 is 0 Å². The molecule has 0 spiro atoms. The summed E-state index contributed by atoms with van der Waals surface area (Å²) >= 11 is 7.34. The standard InChI is InChI=1S/C10H11ClN2O4S2/c11-8-1-2-10(9(7-8)13(14)15)19(16,17)12-3-5-18-6-4-12/h1-2,7H,3-6H2. The third-order valence-corrected chi connectivity index (χ3v) is 5.83. The second kappa shape index (κ2) is 5.66. The second-order valence-corrected chi connectivity index (χ2v) is 7.45. The van der Waals surface area contributed by atoms with Crippen molar-refractivity contribution >= 4 is 39.1 Å². The Bertz CT molecular complexity index is 600. The summed E-state index contributed by atoms with van der Waals surface area (Å²) in [7, 11) is -3.83. The van der Waals surface area contributed by atoms with Crippen LogP contribution in [0.1, 0.15) is 0 Å². The largest absolute Gasteiger partial charge is 0.290 e. The molecule has 1 aliphatic rings. The van der Waals surface area contributed by atoms with E-state index in [4.69, 9.17) is 11.6 Å². The number of nitrogens with zero attached hydrogens (tertiary/aromatic N) is 2. The van der Waals surface area contributed by atoms with E-state index in [0.29, 0.717) is 24.6 Å². The van der Waals surface area contributed by atoms with Crippen molar-refractivity contribution in [3.63, 3.8) is 0 Å². The highest BCUT2D eigenvalue weighted by molar-refractivity contribution is 7.99. The lowest BCUT2D eigenvalue weighted by Gasteiger charge is -2.25. The predicted octanol–water partition coefficient (Wildman–Crippen LogP) is 1.99. The van der Waals surface area contributed by atoms with Crippen LogP contribution in [0.3, 0.4) is 0 Å². The predicted molar refractivity (Wildman–Crippen MR) is 74.2 cm³/mol. The van der Waals surface area contributed by atoms with Gasteiger partial charge in [-0.3, -0.25) is 10.1 Å². The van der Waals surface area contributed by atoms with Crippen LogP contribution in [0.2, 0.25) is 5.02 Å². The third-order valence-electron chi connectivity index (χ3n) is 2.71. The van der Waals surface area contributed by atoms with Crippen molar-refractivity contribution in [2.75, 3.05) is 24.6 Å². The molecule has 0 N–H and O–H groups in total. The number of rotatable bonds is 3. The Hall–Kier alpha value is -0.830. The van der Waals surface area contributed by atoms with Crippen LogP contribution in [0.15, 0.2) is 23.1 Å². The van der Waals surface area contributed by atoms with Crippen LogP contribution in [-0.2, 0) is 10.0 Å². The number of thioether (sulfide) groups is 1. The summed E-state index contributed by atoms with van der Waals surface area (Å²) in [5.41, 5.74) is -0.481. The fourth-order valence-electron chi connectivity index (χ4n) is 1.78. The molecule has 9 heteroatoms. The lowest BCUT2D eigenvalue weighted by molar-refractivity contribution is -0.387. The minimum Gasteiger partial charge on any atom is -0.258 e. The van der Waals surface area contributed by atoms with Crippen LogP contribution in [0, 0.1) is 10.1 Å². The molecular weight excluding hydrogens is 312 g/mol. The highest BCUT2D eigenvalue weighted by Crippen LogP contribution is 2.30. The van der Waals surface area contributed by atoms with Crippen LogP contribution in [0.25, 0.3) is 0 Å². The maximum atomic E-state index is 12.4. The summed E-state index contributed by atoms with van der Waals surface area (Å²) in [5.74, 6) is 1.39. The molecule has 0 aromatic heterocycles. The molecule has 6 nitrogen and oxygen atoms in total. The molecule has 2 rings (SSSR count). The quantitative estimate of drug-likeness (QED) is 0.628. The van der Waals surface area contributed by atoms with Gasteiger partial charge in [-0.05, 0) is 12.1 Å². The zero-order valence-electron chi connectivity index (χ0n) is 9.78. The molecule has 1 fully saturated rings. The first kappa shape index (κ1) is 14.6. The first-order valence-corrected chi connectivity index (χ1v) is 8.42. The molecule has 0 radical (unpaired) electrons. The Kier molecular flexibility index (Phi) is 4.34. The third kappa shape index (κ3) is 3.02. The van der Waals surface area contributed by atoms with E-state index < -0.39 is 20.6 Å². The van der Waals surface area contributed by atoms with Crippen LogP contribution in [0.5, 0.6) is 0 Å². The minimum absolute atomic E-state index is 0.139. The first-order chi connectivity index (χ1) is 8.93. The Morgan fingerprint density at radius 1 is 1.32 bits per heavy atom. The smallest absolute Gasteiger partial charge is 0.258 e. The van der Waals surface area contributed by atoms with E-state index in [1.165, 1.54) is 16.4 Å². The minimum atomic E-state index is -3.83. The van der Waals surface area contributed by atoms with E-state index in [0.717, 1.165) is 6.07 Å². The van der Waals surface area contributed by atoms with Gasteiger partial charge in [-0.1, -0.05) is 11.6 Å². The van der Waals surface area contributed by atoms with Gasteiger partial charge in [-0.15, -0.1) is 0 Å². The highest BCUT2D eigenvalue weighted by atomic mass is 35.5. The lowest BCUT2D eigenvalue weighted by Crippen LogP contribution is -2.38. The Morgan fingerprint density at radius 2 is 1.95 bits per heavy atom. The second-order valence-electron chi connectivity index (χ2n) is 3.89. The van der Waals surface area contributed by atoms with E-state index in [1.807, 2.05) is 0 Å². The topological polar surface area (TPSA) is 80.5 Å². The molecule has 1 heterocycles. The number of benzene rings is 1. The van der Waals surface area contributed by atoms with E-state index in [-0.39, 0.29) is 9.92 Å². The summed E-state index contributed by atoms with van der Waals surface area (Å²) in [6.07, 6.45) is 0. The van der Waals surface area contributed by atoms with Gasteiger partial charge in [0.05, 0.1) is 4.92 Å². The molecule has 1 aromatic carbocycles. The maximum Gasteiger partial charge on any atom is 0.290 e. The van der Waals surface area contributed by atoms with Crippen molar-refractivity contribution in [1.29, 1.82) is 0 Å². The molecule has 0 bridgehead atoms. The van der Waals surface area contributed by atoms with Gasteiger partial charge < -0.3 is 0 Å². The summed E-state index contributed by atoms with van der Waals surface area (Å²) in [4.78, 5) is 9.94. The fraction of sp³-hybridized carbons (Fsp3) is 0.400. The van der Waals surface area contributed by atoms with Gasteiger partial charge in [0, 0.05) is 35.7 Å². The monoisotopic (exact) mass is 322 g/mol. The van der Waals surface area contributed by atoms with Gasteiger partial charge in [0.2, 0.25) is 10.0 Å². The van der Waals surface area contributed by atoms with Crippen molar-refractivity contribution in [3.05, 3.63) is 33.3 Å². The van der Waals surface area contributed by atoms with E-state index >= 15 is 0 Å². The van der Waals surface area contributed by atoms with Gasteiger partial charge in [0.1, 0.15) is 0 Å². The van der Waals surface area contributed by atoms with E-state index in [1.54, 1.807) is 11.8 Å². The number of hydrogen-bond donors (Lipinski definition) is 0. The molecule has 19 heavy (non-hydrogen) atoms. The van der Waals surface area contributed by atoms with Gasteiger partial charge in [-0.25, -0.2) is 8.42 Å². The summed E-state index contributed by atoms with van der Waals surface area (Å²) in [5, 5.41) is 11.1. The van der Waals surface area contributed by atoms with Crippen molar-refractivity contribution in [2.24, 2.45) is 0 Å². The van der Waals surface area contributed by atoms with Crippen LogP contribution in [0.4, 0.5) is 5.69 Å². The normalized spacial score (nSPS) is 17.3. The molecule has 1 saturated heterocycles. The molecule has 0 atom stereocenters. The number of sulfonamides is 1. The number of hydrogen-bond acceptors (Lipinski definition) is 5.